The van der Waals surface area contributed by atoms with E-state index in [2.05, 4.69) is 31.4 Å². The maximum absolute atomic E-state index is 13.7. The third kappa shape index (κ3) is 3.64. The molecule has 3 aliphatic rings. The molecule has 0 radical (unpaired) electrons. The molecule has 0 aromatic carbocycles. The average Bonchev–Trinajstić information content (AvgIpc) is 3.13. The van der Waals surface area contributed by atoms with Gasteiger partial charge in [0.2, 0.25) is 17.7 Å². The van der Waals surface area contributed by atoms with Crippen LogP contribution in [0.25, 0.3) is 0 Å². The van der Waals surface area contributed by atoms with Crippen molar-refractivity contribution in [3.63, 3.8) is 0 Å². The van der Waals surface area contributed by atoms with Gasteiger partial charge >= 0.3 is 0 Å². The predicted molar refractivity (Wildman–Crippen MR) is 118 cm³/mol. The van der Waals surface area contributed by atoms with Crippen molar-refractivity contribution in [2.45, 2.75) is 81.9 Å². The Labute approximate surface area is 184 Å². The highest BCUT2D eigenvalue weighted by atomic mass is 32.2. The first-order valence-corrected chi connectivity index (χ1v) is 11.7. The summed E-state index contributed by atoms with van der Waals surface area (Å²) in [6.07, 6.45) is 2.30. The van der Waals surface area contributed by atoms with Crippen molar-refractivity contribution >= 4 is 29.5 Å². The van der Waals surface area contributed by atoms with Gasteiger partial charge in [0.1, 0.15) is 6.04 Å². The van der Waals surface area contributed by atoms with Gasteiger partial charge in [0.05, 0.1) is 23.2 Å². The first kappa shape index (κ1) is 23.4. The molecule has 0 aromatic rings. The number of carbonyl (C=O) groups is 3. The molecule has 3 saturated heterocycles. The molecule has 7 nitrogen and oxygen atoms in total. The van der Waals surface area contributed by atoms with Crippen molar-refractivity contribution in [1.29, 1.82) is 0 Å². The molecule has 1 spiro atoms. The number of nitrogens with one attached hydrogen (secondary N) is 2. The van der Waals surface area contributed by atoms with Crippen LogP contribution in [0.3, 0.4) is 0 Å². The number of aliphatic hydroxyl groups is 1. The van der Waals surface area contributed by atoms with Gasteiger partial charge < -0.3 is 20.6 Å². The lowest BCUT2D eigenvalue weighted by molar-refractivity contribution is -0.141. The highest BCUT2D eigenvalue weighted by Gasteiger charge is 2.77. The van der Waals surface area contributed by atoms with Crippen molar-refractivity contribution < 1.29 is 19.5 Å². The number of hydrogen-bond acceptors (Lipinski definition) is 5. The molecule has 0 aliphatic carbocycles. The number of rotatable bonds is 6. The van der Waals surface area contributed by atoms with E-state index in [9.17, 15) is 19.5 Å². The Morgan fingerprint density at radius 1 is 1.20 bits per heavy atom. The van der Waals surface area contributed by atoms with Gasteiger partial charge in [0.25, 0.3) is 0 Å². The zero-order chi connectivity index (χ0) is 22.7. The molecule has 2 bridgehead atoms. The molecule has 3 fully saturated rings. The summed E-state index contributed by atoms with van der Waals surface area (Å²) in [7, 11) is 1.60. The maximum Gasteiger partial charge on any atom is 0.244 e. The molecule has 3 amide bonds. The van der Waals surface area contributed by atoms with Crippen molar-refractivity contribution in [3.05, 3.63) is 0 Å². The molecule has 3 rings (SSSR count). The molecule has 3 heterocycles. The van der Waals surface area contributed by atoms with Crippen molar-refractivity contribution in [2.24, 2.45) is 17.3 Å². The Bertz CT molecular complexity index is 749. The summed E-state index contributed by atoms with van der Waals surface area (Å²) in [6.45, 7) is 12.4. The van der Waals surface area contributed by atoms with Crippen molar-refractivity contribution in [3.8, 4) is 0 Å². The van der Waals surface area contributed by atoms with Gasteiger partial charge in [-0.1, -0.05) is 20.8 Å². The summed E-state index contributed by atoms with van der Waals surface area (Å²) in [5.74, 6) is -1.49. The second-order valence-corrected chi connectivity index (χ2v) is 13.1. The van der Waals surface area contributed by atoms with Gasteiger partial charge in [-0.05, 0) is 45.4 Å². The number of likely N-dealkylation sites (tertiary alicyclic amines) is 1. The molecule has 3 aliphatic heterocycles. The Morgan fingerprint density at radius 2 is 1.83 bits per heavy atom. The molecular weight excluding hydrogens is 402 g/mol. The molecular formula is C22H37N3O4S. The minimum absolute atomic E-state index is 0.0340. The van der Waals surface area contributed by atoms with Crippen LogP contribution < -0.4 is 10.6 Å². The van der Waals surface area contributed by atoms with E-state index in [1.54, 1.807) is 18.8 Å². The fraction of sp³-hybridized carbons (Fsp3) is 0.864. The van der Waals surface area contributed by atoms with E-state index in [0.717, 1.165) is 19.3 Å². The van der Waals surface area contributed by atoms with E-state index in [1.807, 2.05) is 20.8 Å². The second-order valence-electron chi connectivity index (χ2n) is 11.2. The van der Waals surface area contributed by atoms with Crippen molar-refractivity contribution in [1.82, 2.24) is 15.5 Å². The van der Waals surface area contributed by atoms with Crippen LogP contribution >= 0.6 is 11.8 Å². The minimum Gasteiger partial charge on any atom is -0.395 e. The van der Waals surface area contributed by atoms with Crippen LogP contribution in [0.5, 0.6) is 0 Å². The van der Waals surface area contributed by atoms with Crippen LogP contribution in [0.4, 0.5) is 0 Å². The number of nitrogens with zero attached hydrogens (tertiary/aromatic N) is 1. The maximum atomic E-state index is 13.7. The fourth-order valence-electron chi connectivity index (χ4n) is 6.40. The third-order valence-electron chi connectivity index (χ3n) is 6.83. The number of thioether (sulfide) groups is 1. The van der Waals surface area contributed by atoms with E-state index < -0.39 is 28.2 Å². The second kappa shape index (κ2) is 7.40. The summed E-state index contributed by atoms with van der Waals surface area (Å²) in [6, 6.07) is -0.678. The largest absolute Gasteiger partial charge is 0.395 e. The van der Waals surface area contributed by atoms with Gasteiger partial charge in [-0.3, -0.25) is 14.4 Å². The third-order valence-corrected chi connectivity index (χ3v) is 8.81. The van der Waals surface area contributed by atoms with E-state index in [1.165, 1.54) is 4.90 Å². The number of β-amino-alcohol motifs (C(OH)–C–C–N with tert-alkyl or cyclic N) is 1. The lowest BCUT2D eigenvalue weighted by atomic mass is 9.66. The first-order valence-electron chi connectivity index (χ1n) is 10.9. The molecule has 0 saturated carbocycles. The monoisotopic (exact) mass is 439 g/mol. The van der Waals surface area contributed by atoms with Gasteiger partial charge in [0.15, 0.2) is 0 Å². The first-order chi connectivity index (χ1) is 13.7. The normalized spacial score (nSPS) is 35.5. The van der Waals surface area contributed by atoms with Crippen LogP contribution in [0.1, 0.15) is 60.8 Å². The quantitative estimate of drug-likeness (QED) is 0.583. The Morgan fingerprint density at radius 3 is 2.37 bits per heavy atom. The molecule has 8 heteroatoms. The Balaban J connectivity index is 1.98. The molecule has 5 atom stereocenters. The lowest BCUT2D eigenvalue weighted by Crippen LogP contribution is -2.58. The summed E-state index contributed by atoms with van der Waals surface area (Å²) in [4.78, 5) is 41.4. The predicted octanol–water partition coefficient (Wildman–Crippen LogP) is 1.54. The van der Waals surface area contributed by atoms with Crippen LogP contribution in [0.2, 0.25) is 0 Å². The van der Waals surface area contributed by atoms with Gasteiger partial charge in [-0.25, -0.2) is 0 Å². The Hall–Kier alpha value is -1.28. The minimum atomic E-state index is -0.678. The lowest BCUT2D eigenvalue weighted by Gasteiger charge is -2.38. The standard InChI is InChI=1S/C22H37N3O4S/c1-19(2,3)12-20(4,5)24-17(28)15-22-9-8-21(6,30-22)13(16(27)23-7)14(22)18(29)25(15)10-11-26/h13-15,26H,8-12H2,1-7H3,(H,23,27)(H,24,28)/t13-,14-,15?,21+,22?/m0/s1. The molecule has 0 aromatic heterocycles. The number of hydrogen-bond donors (Lipinski definition) is 3. The SMILES string of the molecule is CNC(=O)[C@@H]1[C@H]2C(=O)N(CCO)C(C(=O)NC(C)(C)CC(C)(C)C)C23CC[C@@]1(C)S3. The molecule has 2 unspecified atom stereocenters. The van der Waals surface area contributed by atoms with Crippen LogP contribution in [-0.2, 0) is 14.4 Å². The van der Waals surface area contributed by atoms with Crippen molar-refractivity contribution in [2.75, 3.05) is 20.2 Å². The molecule has 30 heavy (non-hydrogen) atoms. The van der Waals surface area contributed by atoms with E-state index >= 15 is 0 Å². The number of carbonyl (C=O) groups excluding carboxylic acids is 3. The smallest absolute Gasteiger partial charge is 0.244 e. The van der Waals surface area contributed by atoms with E-state index in [-0.39, 0.29) is 41.0 Å². The zero-order valence-corrected chi connectivity index (χ0v) is 20.1. The highest BCUT2D eigenvalue weighted by Crippen LogP contribution is 2.71. The number of aliphatic hydroxyl groups excluding tert-OH is 1. The number of amides is 3. The van der Waals surface area contributed by atoms with Crippen LogP contribution in [0, 0.1) is 17.3 Å². The van der Waals surface area contributed by atoms with Crippen LogP contribution in [0.15, 0.2) is 0 Å². The topological polar surface area (TPSA) is 98.7 Å². The molecule has 3 N–H and O–H groups in total. The fourth-order valence-corrected chi connectivity index (χ4v) is 8.76. The number of fused-ring (bicyclic) bond motifs is 1. The average molecular weight is 440 g/mol. The zero-order valence-electron chi connectivity index (χ0n) is 19.3. The van der Waals surface area contributed by atoms with E-state index in [0.29, 0.717) is 0 Å². The summed E-state index contributed by atoms with van der Waals surface area (Å²) < 4.78 is -0.981. The van der Waals surface area contributed by atoms with Gasteiger partial charge in [-0.15, -0.1) is 11.8 Å². The van der Waals surface area contributed by atoms with E-state index in [4.69, 9.17) is 0 Å². The summed E-state index contributed by atoms with van der Waals surface area (Å²) >= 11 is 1.65. The molecule has 170 valence electrons. The summed E-state index contributed by atoms with van der Waals surface area (Å²) in [5.41, 5.74) is -0.407. The highest BCUT2D eigenvalue weighted by molar-refractivity contribution is 8.02. The summed E-state index contributed by atoms with van der Waals surface area (Å²) in [5, 5.41) is 15.5. The Kier molecular flexibility index (Phi) is 5.77. The van der Waals surface area contributed by atoms with Crippen LogP contribution in [-0.4, -0.2) is 69.0 Å². The van der Waals surface area contributed by atoms with Gasteiger partial charge in [0, 0.05) is 23.9 Å². The van der Waals surface area contributed by atoms with Gasteiger partial charge in [-0.2, -0.15) is 0 Å².